The van der Waals surface area contributed by atoms with E-state index < -0.39 is 76.2 Å². The Morgan fingerprint density at radius 2 is 1.85 bits per heavy atom. The molecule has 1 amide bonds. The summed E-state index contributed by atoms with van der Waals surface area (Å²) in [6.45, 7) is 0.644. The van der Waals surface area contributed by atoms with Crippen LogP contribution in [-0.4, -0.2) is 86.2 Å². The Hall–Kier alpha value is -3.13. The first-order valence-corrected chi connectivity index (χ1v) is 12.4. The number of aliphatic hydroxyl groups excluding tert-OH is 2. The lowest BCUT2D eigenvalue weighted by atomic mass is 9.54. The Labute approximate surface area is 222 Å². The second-order valence-corrected chi connectivity index (χ2v) is 10.8. The van der Waals surface area contributed by atoms with E-state index in [-0.39, 0.29) is 37.1 Å². The normalized spacial score (nSPS) is 30.8. The van der Waals surface area contributed by atoms with Gasteiger partial charge in [0.15, 0.2) is 11.4 Å². The van der Waals surface area contributed by atoms with Crippen LogP contribution in [0, 0.1) is 11.8 Å². The number of phenols is 1. The predicted octanol–water partition coefficient (Wildman–Crippen LogP) is 1.34. The summed E-state index contributed by atoms with van der Waals surface area (Å²) < 4.78 is 37.7. The Kier molecular flexibility index (Phi) is 7.04. The molecule has 8 N–H and O–H groups in total. The highest BCUT2D eigenvalue weighted by molar-refractivity contribution is 6.13. The molecule has 1 aromatic carbocycles. The number of ketones is 1. The minimum absolute atomic E-state index is 0.0162. The average molecular weight is 556 g/mol. The lowest BCUT2D eigenvalue weighted by Gasteiger charge is -2.56. The number of nitrogens with zero attached hydrogens (tertiary/aromatic N) is 1. The molecule has 1 aromatic rings. The second-order valence-electron chi connectivity index (χ2n) is 10.8. The molecular weight excluding hydrogens is 523 g/mol. The van der Waals surface area contributed by atoms with Crippen molar-refractivity contribution in [1.29, 1.82) is 0 Å². The van der Waals surface area contributed by atoms with Gasteiger partial charge < -0.3 is 36.6 Å². The van der Waals surface area contributed by atoms with Gasteiger partial charge in [0, 0.05) is 24.6 Å². The van der Waals surface area contributed by atoms with Crippen molar-refractivity contribution in [1.82, 2.24) is 10.2 Å². The summed E-state index contributed by atoms with van der Waals surface area (Å²) in [5, 5.41) is 59.0. The van der Waals surface area contributed by atoms with E-state index in [4.69, 9.17) is 5.73 Å². The maximum atomic E-state index is 13.7. The number of primary amides is 1. The lowest BCUT2D eigenvalue weighted by Crippen LogP contribution is -2.70. The third-order valence-corrected chi connectivity index (χ3v) is 8.26. The number of halogens is 3. The number of fused-ring (bicyclic) bond motifs is 3. The van der Waals surface area contributed by atoms with Gasteiger partial charge in [-0.1, -0.05) is 6.07 Å². The van der Waals surface area contributed by atoms with Gasteiger partial charge in [-0.2, -0.15) is 13.2 Å². The molecule has 0 heterocycles. The lowest BCUT2D eigenvalue weighted by molar-refractivity contribution is -0.183. The van der Waals surface area contributed by atoms with Crippen LogP contribution in [0.15, 0.2) is 34.8 Å². The second kappa shape index (κ2) is 9.51. The van der Waals surface area contributed by atoms with Crippen LogP contribution in [0.5, 0.6) is 5.75 Å². The third kappa shape index (κ3) is 4.37. The Morgan fingerprint density at radius 1 is 1.21 bits per heavy atom. The molecule has 4 rings (SSSR count). The fourth-order valence-corrected chi connectivity index (χ4v) is 6.51. The minimum Gasteiger partial charge on any atom is -0.510 e. The van der Waals surface area contributed by atoms with Gasteiger partial charge in [-0.15, -0.1) is 0 Å². The number of hydrogen-bond acceptors (Lipinski definition) is 9. The Bertz CT molecular complexity index is 1290. The van der Waals surface area contributed by atoms with Crippen LogP contribution in [0.4, 0.5) is 13.2 Å². The van der Waals surface area contributed by atoms with Crippen LogP contribution in [-0.2, 0) is 17.8 Å². The molecule has 2 unspecified atom stereocenters. The minimum atomic E-state index is -4.34. The molecule has 3 aliphatic rings. The van der Waals surface area contributed by atoms with Gasteiger partial charge in [0.05, 0.1) is 23.6 Å². The summed E-state index contributed by atoms with van der Waals surface area (Å²) >= 11 is 0. The maximum Gasteiger partial charge on any atom is 0.390 e. The van der Waals surface area contributed by atoms with E-state index in [0.717, 1.165) is 6.92 Å². The van der Waals surface area contributed by atoms with Crippen LogP contribution in [0.25, 0.3) is 0 Å². The molecule has 5 atom stereocenters. The Morgan fingerprint density at radius 3 is 2.41 bits per heavy atom. The fourth-order valence-electron chi connectivity index (χ4n) is 6.51. The molecule has 13 heteroatoms. The number of benzene rings is 1. The summed E-state index contributed by atoms with van der Waals surface area (Å²) in [6, 6.07) is 1.64. The smallest absolute Gasteiger partial charge is 0.390 e. The number of aliphatic hydroxyl groups is 4. The van der Waals surface area contributed by atoms with Crippen molar-refractivity contribution in [2.24, 2.45) is 17.6 Å². The van der Waals surface area contributed by atoms with E-state index in [1.54, 1.807) is 14.1 Å². The third-order valence-electron chi connectivity index (χ3n) is 8.26. The van der Waals surface area contributed by atoms with Gasteiger partial charge in [0.2, 0.25) is 0 Å². The van der Waals surface area contributed by atoms with Crippen molar-refractivity contribution in [3.8, 4) is 5.75 Å². The fraction of sp³-hybridized carbons (Fsp3) is 0.538. The monoisotopic (exact) mass is 555 g/mol. The number of Topliss-reactive ketones (excluding diaryl/α,β-unsaturated/α-hetero) is 1. The first-order valence-electron chi connectivity index (χ1n) is 12.4. The van der Waals surface area contributed by atoms with Crippen LogP contribution < -0.4 is 11.1 Å². The zero-order valence-corrected chi connectivity index (χ0v) is 21.6. The summed E-state index contributed by atoms with van der Waals surface area (Å²) in [4.78, 5) is 27.5. The number of aromatic hydroxyl groups is 1. The molecule has 0 spiro atoms. The largest absolute Gasteiger partial charge is 0.510 e. The molecule has 0 bridgehead atoms. The van der Waals surface area contributed by atoms with E-state index in [9.17, 15) is 48.3 Å². The maximum absolute atomic E-state index is 13.7. The van der Waals surface area contributed by atoms with E-state index in [1.807, 2.05) is 0 Å². The first kappa shape index (κ1) is 28.9. The quantitative estimate of drug-likeness (QED) is 0.255. The highest BCUT2D eigenvalue weighted by atomic mass is 19.4. The molecule has 0 aliphatic heterocycles. The van der Waals surface area contributed by atoms with Crippen molar-refractivity contribution in [2.75, 3.05) is 20.6 Å². The first-order chi connectivity index (χ1) is 17.9. The van der Waals surface area contributed by atoms with Crippen LogP contribution in [0.1, 0.15) is 41.3 Å². The molecule has 0 saturated carbocycles. The van der Waals surface area contributed by atoms with Crippen LogP contribution in [0.3, 0.4) is 0 Å². The molecule has 0 saturated heterocycles. The van der Waals surface area contributed by atoms with Gasteiger partial charge in [-0.3, -0.25) is 14.5 Å². The van der Waals surface area contributed by atoms with Crippen molar-refractivity contribution in [3.63, 3.8) is 0 Å². The number of allylic oxidation sites excluding steroid dienone is 1. The van der Waals surface area contributed by atoms with E-state index in [1.165, 1.54) is 17.0 Å². The molecule has 0 aromatic heterocycles. The number of carbonyl (C=O) groups is 2. The van der Waals surface area contributed by atoms with E-state index in [0.29, 0.717) is 11.1 Å². The summed E-state index contributed by atoms with van der Waals surface area (Å²) in [7, 11) is 3.11. The van der Waals surface area contributed by atoms with Crippen LogP contribution in [0.2, 0.25) is 0 Å². The predicted molar refractivity (Wildman–Crippen MR) is 132 cm³/mol. The van der Waals surface area contributed by atoms with E-state index >= 15 is 0 Å². The summed E-state index contributed by atoms with van der Waals surface area (Å²) in [5.74, 6) is -5.78. The number of alkyl halides is 3. The number of hydrogen-bond donors (Lipinski definition) is 7. The van der Waals surface area contributed by atoms with Crippen molar-refractivity contribution < 1.29 is 48.3 Å². The molecule has 0 radical (unpaired) electrons. The SMILES string of the molecule is CN(C)[C@@H]1C(O)=C(C(N)=O)C(C)(O)[C@@]2(O)C(O)=C3C(=O)c4c(O)ccc(CNCCC(F)(F)F)c4C[C@H]3CC12. The number of carbonyl (C=O) groups excluding carboxylic acids is 2. The number of likely N-dealkylation sites (N-methyl/N-ethyl adjacent to an activating group) is 1. The zero-order valence-electron chi connectivity index (χ0n) is 21.6. The topological polar surface area (TPSA) is 177 Å². The van der Waals surface area contributed by atoms with Gasteiger partial charge >= 0.3 is 6.18 Å². The summed E-state index contributed by atoms with van der Waals surface area (Å²) in [5.41, 5.74) is -0.0236. The molecule has 3 aliphatic carbocycles. The average Bonchev–Trinajstić information content (AvgIpc) is 2.79. The van der Waals surface area contributed by atoms with Gasteiger partial charge in [0.25, 0.3) is 5.91 Å². The molecule has 0 fully saturated rings. The molecule has 39 heavy (non-hydrogen) atoms. The van der Waals surface area contributed by atoms with Gasteiger partial charge in [-0.25, -0.2) is 0 Å². The number of rotatable bonds is 6. The highest BCUT2D eigenvalue weighted by Crippen LogP contribution is 2.56. The molecule has 10 nitrogen and oxygen atoms in total. The highest BCUT2D eigenvalue weighted by Gasteiger charge is 2.68. The summed E-state index contributed by atoms with van der Waals surface area (Å²) in [6.07, 6.45) is -5.35. The number of nitrogens with one attached hydrogen (secondary N) is 1. The number of amides is 1. The standard InChI is InChI=1S/C26H32F3N3O7/c1-24(38)18(23(30)37)21(35)19(32(2)3)14-9-12-8-13-11(10-31-7-6-25(27,28)29)4-5-15(33)17(13)20(34)16(12)22(36)26(14,24)39/h4-5,12,14,19,31,33,35-36,38-39H,6-10H2,1-3H3,(H2,30,37)/t12-,14?,19-,24?,26-/m0/s1. The van der Waals surface area contributed by atoms with Gasteiger partial charge in [-0.05, 0) is 57.0 Å². The number of nitrogens with two attached hydrogens (primary N) is 1. The van der Waals surface area contributed by atoms with Crippen molar-refractivity contribution in [3.05, 3.63) is 51.5 Å². The van der Waals surface area contributed by atoms with Crippen molar-refractivity contribution in [2.45, 2.75) is 56.2 Å². The molecular formula is C26H32F3N3O7. The van der Waals surface area contributed by atoms with E-state index in [2.05, 4.69) is 5.32 Å². The van der Waals surface area contributed by atoms with Crippen molar-refractivity contribution >= 4 is 11.7 Å². The number of phenolic OH excluding ortho intramolecular Hbond substituents is 1. The Balaban J connectivity index is 1.83. The van der Waals surface area contributed by atoms with Crippen LogP contribution >= 0.6 is 0 Å². The van der Waals surface area contributed by atoms with Gasteiger partial charge in [0.1, 0.15) is 22.9 Å². The zero-order chi connectivity index (χ0) is 29.2. The molecule has 214 valence electrons.